The molecule has 0 aliphatic carbocycles. The Morgan fingerprint density at radius 2 is 2.05 bits per heavy atom. The quantitative estimate of drug-likeness (QED) is 0.839. The fourth-order valence-electron chi connectivity index (χ4n) is 2.04. The van der Waals surface area contributed by atoms with E-state index in [9.17, 15) is 9.65 Å². The van der Waals surface area contributed by atoms with Gasteiger partial charge < -0.3 is 5.32 Å². The smallest absolute Gasteiger partial charge is 0.233 e. The molecule has 1 N–H and O–H groups in total. The van der Waals surface area contributed by atoms with Gasteiger partial charge in [-0.15, -0.1) is 0 Å². The van der Waals surface area contributed by atoms with Gasteiger partial charge in [-0.2, -0.15) is 9.65 Å². The van der Waals surface area contributed by atoms with Crippen LogP contribution in [-0.2, 0) is 0 Å². The molecule has 0 saturated carbocycles. The molecule has 0 aliphatic rings. The molecule has 20 heavy (non-hydrogen) atoms. The summed E-state index contributed by atoms with van der Waals surface area (Å²) in [6.07, 6.45) is 0. The summed E-state index contributed by atoms with van der Waals surface area (Å²) in [7, 11) is 0. The number of hydrogen-bond acceptors (Lipinski definition) is 3. The van der Waals surface area contributed by atoms with E-state index in [2.05, 4.69) is 31.1 Å². The van der Waals surface area contributed by atoms with Crippen molar-refractivity contribution in [1.29, 1.82) is 5.26 Å². The lowest BCUT2D eigenvalue weighted by molar-refractivity contribution is 0.443. The van der Waals surface area contributed by atoms with E-state index in [4.69, 9.17) is 0 Å². The SMILES string of the molecule is Cc1cccc2c(NCC(C)(C)C)c(C#N)c(F)nc12. The van der Waals surface area contributed by atoms with Crippen molar-refractivity contribution in [2.75, 3.05) is 11.9 Å². The number of rotatable bonds is 2. The molecule has 2 rings (SSSR count). The van der Waals surface area contributed by atoms with Crippen LogP contribution in [0.2, 0.25) is 0 Å². The molecule has 0 saturated heterocycles. The second kappa shape index (κ2) is 5.09. The first-order valence-electron chi connectivity index (χ1n) is 6.56. The molecule has 0 radical (unpaired) electrons. The highest BCUT2D eigenvalue weighted by Crippen LogP contribution is 2.30. The Balaban J connectivity index is 2.66. The summed E-state index contributed by atoms with van der Waals surface area (Å²) < 4.78 is 14.0. The molecule has 4 heteroatoms. The van der Waals surface area contributed by atoms with Crippen LogP contribution in [0.1, 0.15) is 31.9 Å². The summed E-state index contributed by atoms with van der Waals surface area (Å²) >= 11 is 0. The third-order valence-electron chi connectivity index (χ3n) is 3.08. The summed E-state index contributed by atoms with van der Waals surface area (Å²) in [5, 5.41) is 13.2. The predicted octanol–water partition coefficient (Wildman–Crippen LogP) is 4.01. The van der Waals surface area contributed by atoms with E-state index < -0.39 is 5.95 Å². The number of anilines is 1. The monoisotopic (exact) mass is 271 g/mol. The Labute approximate surface area is 118 Å². The molecule has 104 valence electrons. The maximum atomic E-state index is 14.0. The minimum atomic E-state index is -0.717. The number of nitrogens with zero attached hydrogens (tertiary/aromatic N) is 2. The Bertz CT molecular complexity index is 693. The molecule has 2 aromatic rings. The van der Waals surface area contributed by atoms with E-state index in [-0.39, 0.29) is 11.0 Å². The first-order valence-corrected chi connectivity index (χ1v) is 6.56. The number of hydrogen-bond donors (Lipinski definition) is 1. The number of aryl methyl sites for hydroxylation is 1. The molecule has 1 heterocycles. The zero-order valence-electron chi connectivity index (χ0n) is 12.2. The Morgan fingerprint density at radius 1 is 1.35 bits per heavy atom. The third-order valence-corrected chi connectivity index (χ3v) is 3.08. The van der Waals surface area contributed by atoms with Gasteiger partial charge in [0.15, 0.2) is 0 Å². The van der Waals surface area contributed by atoms with Crippen molar-refractivity contribution in [3.05, 3.63) is 35.3 Å². The minimum Gasteiger partial charge on any atom is -0.383 e. The summed E-state index contributed by atoms with van der Waals surface area (Å²) in [4.78, 5) is 3.92. The molecule has 0 atom stereocenters. The van der Waals surface area contributed by atoms with Crippen molar-refractivity contribution in [2.45, 2.75) is 27.7 Å². The van der Waals surface area contributed by atoms with Crippen LogP contribution in [0.15, 0.2) is 18.2 Å². The summed E-state index contributed by atoms with van der Waals surface area (Å²) in [6, 6.07) is 7.55. The number of pyridine rings is 1. The van der Waals surface area contributed by atoms with E-state index in [1.165, 1.54) is 0 Å². The van der Waals surface area contributed by atoms with Gasteiger partial charge in [0.25, 0.3) is 0 Å². The number of nitrogens with one attached hydrogen (secondary N) is 1. The fourth-order valence-corrected chi connectivity index (χ4v) is 2.04. The fraction of sp³-hybridized carbons (Fsp3) is 0.375. The van der Waals surface area contributed by atoms with Gasteiger partial charge >= 0.3 is 0 Å². The van der Waals surface area contributed by atoms with Crippen LogP contribution in [0, 0.1) is 29.6 Å². The van der Waals surface area contributed by atoms with Gasteiger partial charge in [0.05, 0.1) is 11.2 Å². The van der Waals surface area contributed by atoms with Crippen LogP contribution >= 0.6 is 0 Å². The summed E-state index contributed by atoms with van der Waals surface area (Å²) in [5.74, 6) is -0.717. The van der Waals surface area contributed by atoms with Gasteiger partial charge in [-0.25, -0.2) is 4.98 Å². The van der Waals surface area contributed by atoms with Crippen molar-refractivity contribution in [1.82, 2.24) is 4.98 Å². The second-order valence-electron chi connectivity index (χ2n) is 6.15. The largest absolute Gasteiger partial charge is 0.383 e. The second-order valence-corrected chi connectivity index (χ2v) is 6.15. The van der Waals surface area contributed by atoms with Crippen molar-refractivity contribution in [3.8, 4) is 6.07 Å². The zero-order chi connectivity index (χ0) is 14.9. The number of fused-ring (bicyclic) bond motifs is 1. The van der Waals surface area contributed by atoms with E-state index in [0.29, 0.717) is 17.7 Å². The lowest BCUT2D eigenvalue weighted by Crippen LogP contribution is -2.20. The van der Waals surface area contributed by atoms with Crippen LogP contribution < -0.4 is 5.32 Å². The molecule has 1 aromatic heterocycles. The molecule has 0 fully saturated rings. The highest BCUT2D eigenvalue weighted by Gasteiger charge is 2.18. The number of para-hydroxylation sites is 1. The van der Waals surface area contributed by atoms with E-state index in [1.807, 2.05) is 31.2 Å². The van der Waals surface area contributed by atoms with Crippen molar-refractivity contribution in [3.63, 3.8) is 0 Å². The molecule has 0 bridgehead atoms. The molecule has 3 nitrogen and oxygen atoms in total. The number of aromatic nitrogens is 1. The molecular weight excluding hydrogens is 253 g/mol. The van der Waals surface area contributed by atoms with Gasteiger partial charge in [0.2, 0.25) is 5.95 Å². The lowest BCUT2D eigenvalue weighted by atomic mass is 9.96. The third kappa shape index (κ3) is 2.72. The number of nitriles is 1. The molecule has 0 unspecified atom stereocenters. The highest BCUT2D eigenvalue weighted by molar-refractivity contribution is 5.95. The van der Waals surface area contributed by atoms with Crippen LogP contribution in [-0.4, -0.2) is 11.5 Å². The van der Waals surface area contributed by atoms with Crippen LogP contribution in [0.5, 0.6) is 0 Å². The molecule has 0 spiro atoms. The minimum absolute atomic E-state index is 0.0210. The van der Waals surface area contributed by atoms with Crippen molar-refractivity contribution >= 4 is 16.6 Å². The van der Waals surface area contributed by atoms with E-state index in [0.717, 1.165) is 10.9 Å². The van der Waals surface area contributed by atoms with Crippen molar-refractivity contribution < 1.29 is 4.39 Å². The van der Waals surface area contributed by atoms with E-state index in [1.54, 1.807) is 0 Å². The van der Waals surface area contributed by atoms with Crippen LogP contribution in [0.25, 0.3) is 10.9 Å². The first-order chi connectivity index (χ1) is 9.33. The van der Waals surface area contributed by atoms with Gasteiger partial charge in [-0.1, -0.05) is 39.0 Å². The maximum absolute atomic E-state index is 14.0. The van der Waals surface area contributed by atoms with Gasteiger partial charge in [-0.3, -0.25) is 0 Å². The topological polar surface area (TPSA) is 48.7 Å². The normalized spacial score (nSPS) is 11.4. The number of benzene rings is 1. The molecule has 1 aromatic carbocycles. The van der Waals surface area contributed by atoms with Crippen LogP contribution in [0.4, 0.5) is 10.1 Å². The standard InChI is InChI=1S/C16H18FN3/c1-10-6-5-7-11-13(10)20-15(17)12(8-18)14(11)19-9-16(2,3)4/h5-7H,9H2,1-4H3,(H,19,20). The average molecular weight is 271 g/mol. The first kappa shape index (κ1) is 14.3. The molecule has 0 aliphatic heterocycles. The average Bonchev–Trinajstić information content (AvgIpc) is 2.36. The molecular formula is C16H18FN3. The van der Waals surface area contributed by atoms with Gasteiger partial charge in [-0.05, 0) is 17.9 Å². The Hall–Kier alpha value is -2.15. The van der Waals surface area contributed by atoms with Gasteiger partial charge in [0, 0.05) is 11.9 Å². The van der Waals surface area contributed by atoms with Crippen molar-refractivity contribution in [2.24, 2.45) is 5.41 Å². The Kier molecular flexibility index (Phi) is 3.63. The lowest BCUT2D eigenvalue weighted by Gasteiger charge is -2.21. The summed E-state index contributed by atoms with van der Waals surface area (Å²) in [5.41, 5.74) is 2.04. The van der Waals surface area contributed by atoms with Crippen LogP contribution in [0.3, 0.4) is 0 Å². The van der Waals surface area contributed by atoms with Gasteiger partial charge in [0.1, 0.15) is 11.6 Å². The molecule has 0 amide bonds. The highest BCUT2D eigenvalue weighted by atomic mass is 19.1. The summed E-state index contributed by atoms with van der Waals surface area (Å²) in [6.45, 7) is 8.77. The maximum Gasteiger partial charge on any atom is 0.233 e. The zero-order valence-corrected chi connectivity index (χ0v) is 12.2. The number of halogens is 1. The van der Waals surface area contributed by atoms with E-state index >= 15 is 0 Å². The predicted molar refractivity (Wildman–Crippen MR) is 79.1 cm³/mol. The Morgan fingerprint density at radius 3 is 2.65 bits per heavy atom.